The molecule has 1 aromatic rings. The molecule has 29 heavy (non-hydrogen) atoms. The van der Waals surface area contributed by atoms with Gasteiger partial charge in [-0.15, -0.1) is 0 Å². The summed E-state index contributed by atoms with van der Waals surface area (Å²) in [5.74, 6) is 0.202. The largest absolute Gasteiger partial charge is 0.506 e. The summed E-state index contributed by atoms with van der Waals surface area (Å²) in [6.45, 7) is 13.9. The number of aryl methyl sites for hydroxylation is 2. The van der Waals surface area contributed by atoms with Crippen molar-refractivity contribution in [3.8, 4) is 5.75 Å². The Morgan fingerprint density at radius 2 is 1.90 bits per heavy atom. The van der Waals surface area contributed by atoms with Crippen LogP contribution in [0.1, 0.15) is 25.0 Å². The van der Waals surface area contributed by atoms with E-state index in [9.17, 15) is 14.7 Å². The van der Waals surface area contributed by atoms with Crippen LogP contribution in [0, 0.1) is 6.92 Å². The molecule has 2 amide bonds. The average Bonchev–Trinajstić information content (AvgIpc) is 2.68. The number of aromatic hydroxyl groups is 1. The number of amides is 2. The van der Waals surface area contributed by atoms with Crippen LogP contribution in [-0.2, 0) is 16.0 Å². The van der Waals surface area contributed by atoms with Crippen LogP contribution in [0.4, 0.5) is 5.69 Å². The number of benzene rings is 1. The van der Waals surface area contributed by atoms with E-state index in [-0.39, 0.29) is 17.6 Å². The summed E-state index contributed by atoms with van der Waals surface area (Å²) in [6.07, 6.45) is 2.23. The molecule has 1 atom stereocenters. The second-order valence-electron chi connectivity index (χ2n) is 7.98. The summed E-state index contributed by atoms with van der Waals surface area (Å²) in [4.78, 5) is 30.5. The minimum Gasteiger partial charge on any atom is -0.506 e. The standard InChI is InChI=1S/C22H32N4O3/c1-5-17-12-19(20(27)11-15(17)3)23-16(4)22(29)25-9-7-24(8-10-25)18-13-26(14-18)21(28)6-2/h6,11-12,16,18,23,27H,2,5,7-10,13-14H2,1,3-4H3. The van der Waals surface area contributed by atoms with Crippen molar-refractivity contribution in [2.45, 2.75) is 39.3 Å². The number of hydrogen-bond acceptors (Lipinski definition) is 5. The fourth-order valence-corrected chi connectivity index (χ4v) is 4.11. The Hall–Kier alpha value is -2.54. The summed E-state index contributed by atoms with van der Waals surface area (Å²) < 4.78 is 0. The van der Waals surface area contributed by atoms with E-state index < -0.39 is 6.04 Å². The Balaban J connectivity index is 1.51. The second kappa shape index (κ2) is 8.86. The maximum atomic E-state index is 12.9. The first kappa shape index (κ1) is 21.2. The topological polar surface area (TPSA) is 76.1 Å². The number of hydrogen-bond donors (Lipinski definition) is 2. The van der Waals surface area contributed by atoms with Crippen LogP contribution in [0.2, 0.25) is 0 Å². The third kappa shape index (κ3) is 4.56. The van der Waals surface area contributed by atoms with Gasteiger partial charge in [-0.2, -0.15) is 0 Å². The lowest BCUT2D eigenvalue weighted by molar-refractivity contribution is -0.136. The normalized spacial score (nSPS) is 18.9. The summed E-state index contributed by atoms with van der Waals surface area (Å²) in [7, 11) is 0. The fourth-order valence-electron chi connectivity index (χ4n) is 4.11. The number of carbonyl (C=O) groups excluding carboxylic acids is 2. The number of rotatable bonds is 6. The first-order valence-electron chi connectivity index (χ1n) is 10.4. The molecule has 2 N–H and O–H groups in total. The molecule has 2 saturated heterocycles. The van der Waals surface area contributed by atoms with Gasteiger partial charge in [0.05, 0.1) is 5.69 Å². The van der Waals surface area contributed by atoms with Crippen molar-refractivity contribution in [3.63, 3.8) is 0 Å². The SMILES string of the molecule is C=CC(=O)N1CC(N2CCN(C(=O)C(C)Nc3cc(CC)c(C)cc3O)CC2)C1. The average molecular weight is 401 g/mol. The van der Waals surface area contributed by atoms with Crippen LogP contribution in [0.15, 0.2) is 24.8 Å². The Bertz CT molecular complexity index is 781. The van der Waals surface area contributed by atoms with Crippen molar-refractivity contribution >= 4 is 17.5 Å². The van der Waals surface area contributed by atoms with Crippen molar-refractivity contribution in [2.75, 3.05) is 44.6 Å². The van der Waals surface area contributed by atoms with Gasteiger partial charge in [0.25, 0.3) is 0 Å². The molecule has 2 aliphatic heterocycles. The van der Waals surface area contributed by atoms with Gasteiger partial charge in [0.2, 0.25) is 11.8 Å². The van der Waals surface area contributed by atoms with Crippen LogP contribution in [0.3, 0.4) is 0 Å². The van der Waals surface area contributed by atoms with Gasteiger partial charge < -0.3 is 20.2 Å². The van der Waals surface area contributed by atoms with Gasteiger partial charge in [0.1, 0.15) is 11.8 Å². The molecule has 0 saturated carbocycles. The van der Waals surface area contributed by atoms with Crippen molar-refractivity contribution in [1.29, 1.82) is 0 Å². The molecule has 0 aliphatic carbocycles. The van der Waals surface area contributed by atoms with Crippen molar-refractivity contribution in [1.82, 2.24) is 14.7 Å². The highest BCUT2D eigenvalue weighted by Gasteiger charge is 2.36. The third-order valence-corrected chi connectivity index (χ3v) is 6.07. The number of carbonyl (C=O) groups is 2. The van der Waals surface area contributed by atoms with E-state index in [0.717, 1.165) is 43.7 Å². The quantitative estimate of drug-likeness (QED) is 0.560. The number of phenolic OH excluding ortho intramolecular Hbond substituents is 1. The molecule has 0 aromatic heterocycles. The molecular formula is C22H32N4O3. The Morgan fingerprint density at radius 1 is 1.24 bits per heavy atom. The molecule has 0 radical (unpaired) electrons. The highest BCUT2D eigenvalue weighted by Crippen LogP contribution is 2.28. The molecular weight excluding hydrogens is 368 g/mol. The predicted octanol–water partition coefficient (Wildman–Crippen LogP) is 1.60. The molecule has 7 nitrogen and oxygen atoms in total. The zero-order valence-electron chi connectivity index (χ0n) is 17.6. The molecule has 2 aliphatic rings. The highest BCUT2D eigenvalue weighted by molar-refractivity contribution is 5.87. The number of piperazine rings is 1. The first-order valence-corrected chi connectivity index (χ1v) is 10.4. The van der Waals surface area contributed by atoms with Crippen molar-refractivity contribution in [2.24, 2.45) is 0 Å². The monoisotopic (exact) mass is 400 g/mol. The highest BCUT2D eigenvalue weighted by atomic mass is 16.3. The summed E-state index contributed by atoms with van der Waals surface area (Å²) in [5, 5.41) is 13.4. The molecule has 7 heteroatoms. The lowest BCUT2D eigenvalue weighted by atomic mass is 10.0. The summed E-state index contributed by atoms with van der Waals surface area (Å²) in [5.41, 5.74) is 2.81. The Kier molecular flexibility index (Phi) is 6.47. The maximum Gasteiger partial charge on any atom is 0.246 e. The first-order chi connectivity index (χ1) is 13.8. The molecule has 1 unspecified atom stereocenters. The third-order valence-electron chi connectivity index (χ3n) is 6.07. The molecule has 2 heterocycles. The van der Waals surface area contributed by atoms with E-state index in [0.29, 0.717) is 24.8 Å². The molecule has 158 valence electrons. The zero-order chi connectivity index (χ0) is 21.1. The second-order valence-corrected chi connectivity index (χ2v) is 7.98. The van der Waals surface area contributed by atoms with Crippen LogP contribution in [-0.4, -0.2) is 83.0 Å². The molecule has 3 rings (SSSR count). The van der Waals surface area contributed by atoms with E-state index in [4.69, 9.17) is 0 Å². The van der Waals surface area contributed by atoms with Crippen LogP contribution >= 0.6 is 0 Å². The molecule has 0 bridgehead atoms. The van der Waals surface area contributed by atoms with Crippen LogP contribution in [0.5, 0.6) is 5.75 Å². The number of likely N-dealkylation sites (tertiary alicyclic amines) is 1. The van der Waals surface area contributed by atoms with Gasteiger partial charge in [0, 0.05) is 45.3 Å². The number of nitrogens with one attached hydrogen (secondary N) is 1. The molecule has 0 spiro atoms. The smallest absolute Gasteiger partial charge is 0.246 e. The van der Waals surface area contributed by atoms with Gasteiger partial charge in [-0.25, -0.2) is 0 Å². The van der Waals surface area contributed by atoms with Crippen molar-refractivity contribution in [3.05, 3.63) is 35.9 Å². The van der Waals surface area contributed by atoms with E-state index in [2.05, 4.69) is 23.7 Å². The van der Waals surface area contributed by atoms with Gasteiger partial charge >= 0.3 is 0 Å². The maximum absolute atomic E-state index is 12.9. The van der Waals surface area contributed by atoms with E-state index in [1.54, 1.807) is 11.0 Å². The van der Waals surface area contributed by atoms with Crippen LogP contribution in [0.25, 0.3) is 0 Å². The van der Waals surface area contributed by atoms with E-state index >= 15 is 0 Å². The van der Waals surface area contributed by atoms with Gasteiger partial charge in [0.15, 0.2) is 0 Å². The lowest BCUT2D eigenvalue weighted by Crippen LogP contribution is -2.64. The Morgan fingerprint density at radius 3 is 2.48 bits per heavy atom. The Labute approximate surface area is 173 Å². The van der Waals surface area contributed by atoms with Gasteiger partial charge in [-0.05, 0) is 49.6 Å². The summed E-state index contributed by atoms with van der Waals surface area (Å²) >= 11 is 0. The number of phenols is 1. The fraction of sp³-hybridized carbons (Fsp3) is 0.545. The molecule has 1 aromatic carbocycles. The molecule has 2 fully saturated rings. The van der Waals surface area contributed by atoms with Crippen LogP contribution < -0.4 is 5.32 Å². The predicted molar refractivity (Wildman–Crippen MR) is 114 cm³/mol. The minimum absolute atomic E-state index is 0.0134. The number of nitrogens with zero attached hydrogens (tertiary/aromatic N) is 3. The van der Waals surface area contributed by atoms with Crippen molar-refractivity contribution < 1.29 is 14.7 Å². The van der Waals surface area contributed by atoms with Gasteiger partial charge in [-0.1, -0.05) is 13.5 Å². The van der Waals surface area contributed by atoms with E-state index in [1.165, 1.54) is 6.08 Å². The minimum atomic E-state index is -0.413. The lowest BCUT2D eigenvalue weighted by Gasteiger charge is -2.48. The van der Waals surface area contributed by atoms with E-state index in [1.807, 2.05) is 24.8 Å². The van der Waals surface area contributed by atoms with Gasteiger partial charge in [-0.3, -0.25) is 14.5 Å². The number of anilines is 1. The zero-order valence-corrected chi connectivity index (χ0v) is 17.6. The summed E-state index contributed by atoms with van der Waals surface area (Å²) in [6, 6.07) is 3.64.